The van der Waals surface area contributed by atoms with E-state index in [4.69, 9.17) is 0 Å². The van der Waals surface area contributed by atoms with Crippen LogP contribution in [-0.4, -0.2) is 16.8 Å². The van der Waals surface area contributed by atoms with Crippen LogP contribution in [0.3, 0.4) is 0 Å². The molecule has 3 heteroatoms. The van der Waals surface area contributed by atoms with E-state index in [0.29, 0.717) is 6.42 Å². The average Bonchev–Trinajstić information content (AvgIpc) is 2.37. The number of carbonyl (C=O) groups is 1. The monoisotopic (exact) mass is 143 g/mol. The quantitative estimate of drug-likeness (QED) is 0.517. The molecule has 1 aliphatic rings. The molecule has 9 heavy (non-hydrogen) atoms. The molecule has 0 aromatic rings. The van der Waals surface area contributed by atoms with Crippen LogP contribution in [0.4, 0.5) is 0 Å². The van der Waals surface area contributed by atoms with Crippen LogP contribution >= 0.6 is 11.9 Å². The molecule has 0 aromatic carbocycles. The third kappa shape index (κ3) is 1.48. The molecule has 0 atom stereocenters. The summed E-state index contributed by atoms with van der Waals surface area (Å²) in [5.41, 5.74) is 0. The van der Waals surface area contributed by atoms with Gasteiger partial charge in [0.05, 0.1) is 6.54 Å². The van der Waals surface area contributed by atoms with E-state index in [2.05, 4.69) is 0 Å². The lowest BCUT2D eigenvalue weighted by Crippen LogP contribution is -2.19. The van der Waals surface area contributed by atoms with E-state index in [0.717, 1.165) is 6.54 Å². The van der Waals surface area contributed by atoms with E-state index >= 15 is 0 Å². The highest BCUT2D eigenvalue weighted by atomic mass is 32.2. The third-order valence-electron chi connectivity index (χ3n) is 1.14. The Balaban J connectivity index is 2.36. The summed E-state index contributed by atoms with van der Waals surface area (Å²) >= 11 is 1.48. The maximum atomic E-state index is 10.9. The first kappa shape index (κ1) is 6.68. The van der Waals surface area contributed by atoms with Crippen molar-refractivity contribution >= 4 is 17.9 Å². The Labute approximate surface area is 59.0 Å². The second-order valence-corrected chi connectivity index (χ2v) is 2.71. The van der Waals surface area contributed by atoms with Gasteiger partial charge in [-0.2, -0.15) is 0 Å². The molecule has 0 aliphatic carbocycles. The Morgan fingerprint density at radius 2 is 2.67 bits per heavy atom. The van der Waals surface area contributed by atoms with Crippen molar-refractivity contribution in [2.45, 2.75) is 13.3 Å². The maximum Gasteiger partial charge on any atom is 0.232 e. The van der Waals surface area contributed by atoms with Crippen LogP contribution in [0.2, 0.25) is 0 Å². The van der Waals surface area contributed by atoms with Gasteiger partial charge in [-0.15, -0.1) is 0 Å². The fourth-order valence-corrected chi connectivity index (χ4v) is 1.37. The summed E-state index contributed by atoms with van der Waals surface area (Å²) in [4.78, 5) is 10.9. The summed E-state index contributed by atoms with van der Waals surface area (Å²) in [6, 6.07) is 0. The summed E-state index contributed by atoms with van der Waals surface area (Å²) < 4.78 is 1.75. The van der Waals surface area contributed by atoms with Crippen molar-refractivity contribution in [2.75, 3.05) is 6.54 Å². The van der Waals surface area contributed by atoms with Crippen LogP contribution in [0.15, 0.2) is 11.5 Å². The molecule has 2 nitrogen and oxygen atoms in total. The molecule has 0 aromatic heterocycles. The molecule has 1 heterocycles. The molecule has 0 fully saturated rings. The molecular weight excluding hydrogens is 134 g/mol. The van der Waals surface area contributed by atoms with Gasteiger partial charge in [0, 0.05) is 6.42 Å². The largest absolute Gasteiger partial charge is 0.279 e. The van der Waals surface area contributed by atoms with E-state index in [1.807, 2.05) is 18.4 Å². The normalized spacial score (nSPS) is 16.8. The van der Waals surface area contributed by atoms with E-state index in [-0.39, 0.29) is 5.91 Å². The van der Waals surface area contributed by atoms with Gasteiger partial charge in [-0.3, -0.25) is 9.10 Å². The van der Waals surface area contributed by atoms with Gasteiger partial charge in [0.25, 0.3) is 0 Å². The summed E-state index contributed by atoms with van der Waals surface area (Å²) in [7, 11) is 0. The number of carbonyl (C=O) groups excluding carboxylic acids is 1. The highest BCUT2D eigenvalue weighted by Crippen LogP contribution is 2.18. The van der Waals surface area contributed by atoms with E-state index in [1.54, 1.807) is 4.31 Å². The second-order valence-electron chi connectivity index (χ2n) is 1.79. The minimum absolute atomic E-state index is 0.213. The zero-order valence-corrected chi connectivity index (χ0v) is 6.15. The first-order valence-electron chi connectivity index (χ1n) is 2.96. The van der Waals surface area contributed by atoms with Crippen LogP contribution in [0.1, 0.15) is 13.3 Å². The first-order valence-corrected chi connectivity index (χ1v) is 3.80. The van der Waals surface area contributed by atoms with Gasteiger partial charge < -0.3 is 0 Å². The molecule has 0 saturated heterocycles. The Bertz CT molecular complexity index is 136. The van der Waals surface area contributed by atoms with Gasteiger partial charge in [-0.25, -0.2) is 0 Å². The van der Waals surface area contributed by atoms with Crippen molar-refractivity contribution in [3.63, 3.8) is 0 Å². The summed E-state index contributed by atoms with van der Waals surface area (Å²) in [5.74, 6) is 0.213. The van der Waals surface area contributed by atoms with Gasteiger partial charge in [0.15, 0.2) is 0 Å². The minimum Gasteiger partial charge on any atom is -0.279 e. The van der Waals surface area contributed by atoms with Gasteiger partial charge in [-0.1, -0.05) is 13.0 Å². The standard InChI is InChI=1S/C6H9NOS/c1-2-6(8)7-4-3-5-9-7/h3,5H,2,4H2,1H3. The van der Waals surface area contributed by atoms with Gasteiger partial charge in [0.1, 0.15) is 0 Å². The topological polar surface area (TPSA) is 20.3 Å². The van der Waals surface area contributed by atoms with Crippen LogP contribution in [0.5, 0.6) is 0 Å². The molecule has 0 spiro atoms. The number of hydrogen-bond donors (Lipinski definition) is 0. The van der Waals surface area contributed by atoms with Crippen molar-refractivity contribution in [3.05, 3.63) is 11.5 Å². The fraction of sp³-hybridized carbons (Fsp3) is 0.500. The van der Waals surface area contributed by atoms with E-state index in [1.165, 1.54) is 11.9 Å². The van der Waals surface area contributed by atoms with Crippen molar-refractivity contribution in [2.24, 2.45) is 0 Å². The summed E-state index contributed by atoms with van der Waals surface area (Å²) in [6.07, 6.45) is 2.59. The number of hydrogen-bond acceptors (Lipinski definition) is 2. The van der Waals surface area contributed by atoms with Crippen LogP contribution in [-0.2, 0) is 4.79 Å². The fourth-order valence-electron chi connectivity index (χ4n) is 0.635. The van der Waals surface area contributed by atoms with Crippen LogP contribution in [0.25, 0.3) is 0 Å². The zero-order chi connectivity index (χ0) is 6.69. The summed E-state index contributed by atoms with van der Waals surface area (Å²) in [6.45, 7) is 2.65. The SMILES string of the molecule is CCC(=O)N1CC=CS1. The minimum atomic E-state index is 0.213. The highest BCUT2D eigenvalue weighted by molar-refractivity contribution is 8.00. The third-order valence-corrected chi connectivity index (χ3v) is 2.06. The lowest BCUT2D eigenvalue weighted by Gasteiger charge is -2.10. The van der Waals surface area contributed by atoms with Gasteiger partial charge in [-0.05, 0) is 17.4 Å². The zero-order valence-electron chi connectivity index (χ0n) is 5.33. The number of nitrogens with zero attached hydrogens (tertiary/aromatic N) is 1. The van der Waals surface area contributed by atoms with Gasteiger partial charge >= 0.3 is 0 Å². The molecule has 50 valence electrons. The van der Waals surface area contributed by atoms with E-state index in [9.17, 15) is 4.79 Å². The number of amides is 1. The van der Waals surface area contributed by atoms with Crippen molar-refractivity contribution in [1.82, 2.24) is 4.31 Å². The molecule has 0 radical (unpaired) electrons. The second kappa shape index (κ2) is 2.92. The Kier molecular flexibility index (Phi) is 2.16. The molecule has 0 bridgehead atoms. The smallest absolute Gasteiger partial charge is 0.232 e. The number of rotatable bonds is 1. The lowest BCUT2D eigenvalue weighted by molar-refractivity contribution is -0.125. The summed E-state index contributed by atoms with van der Waals surface area (Å²) in [5, 5.41) is 1.94. The lowest BCUT2D eigenvalue weighted by atomic mass is 10.4. The van der Waals surface area contributed by atoms with Crippen molar-refractivity contribution in [1.29, 1.82) is 0 Å². The molecule has 0 unspecified atom stereocenters. The predicted molar refractivity (Wildman–Crippen MR) is 38.7 cm³/mol. The first-order chi connectivity index (χ1) is 4.34. The Hall–Kier alpha value is -0.440. The molecular formula is C6H9NOS. The van der Waals surface area contributed by atoms with Crippen LogP contribution < -0.4 is 0 Å². The predicted octanol–water partition coefficient (Wildman–Crippen LogP) is 1.40. The average molecular weight is 143 g/mol. The van der Waals surface area contributed by atoms with Crippen molar-refractivity contribution in [3.8, 4) is 0 Å². The molecule has 1 amide bonds. The maximum absolute atomic E-state index is 10.9. The molecule has 1 aliphatic heterocycles. The van der Waals surface area contributed by atoms with E-state index < -0.39 is 0 Å². The Morgan fingerprint density at radius 3 is 3.11 bits per heavy atom. The van der Waals surface area contributed by atoms with Crippen molar-refractivity contribution < 1.29 is 4.79 Å². The molecule has 1 rings (SSSR count). The molecule has 0 saturated carbocycles. The Morgan fingerprint density at radius 1 is 1.89 bits per heavy atom. The molecule has 0 N–H and O–H groups in total. The highest BCUT2D eigenvalue weighted by Gasteiger charge is 2.11. The van der Waals surface area contributed by atoms with Crippen LogP contribution in [0, 0.1) is 0 Å². The van der Waals surface area contributed by atoms with Gasteiger partial charge in [0.2, 0.25) is 5.91 Å².